The van der Waals surface area contributed by atoms with Crippen molar-refractivity contribution >= 4 is 28.2 Å². The van der Waals surface area contributed by atoms with Gasteiger partial charge in [-0.2, -0.15) is 0 Å². The molecule has 2 aromatic carbocycles. The molecule has 0 aliphatic heterocycles. The van der Waals surface area contributed by atoms with Crippen LogP contribution in [0.15, 0.2) is 54.7 Å². The molecule has 0 spiro atoms. The average molecular weight is 257 g/mol. The maximum absolute atomic E-state index is 6.00. The molecule has 18 heavy (non-hydrogen) atoms. The average Bonchev–Trinajstić information content (AvgIpc) is 2.74. The molecule has 3 rings (SSSR count). The predicted octanol–water partition coefficient (Wildman–Crippen LogP) is 3.93. The lowest BCUT2D eigenvalue weighted by Gasteiger charge is -2.06. The molecule has 0 fully saturated rings. The fourth-order valence-corrected chi connectivity index (χ4v) is 2.43. The van der Waals surface area contributed by atoms with E-state index in [1.165, 1.54) is 5.56 Å². The zero-order chi connectivity index (χ0) is 12.5. The maximum Gasteiger partial charge on any atom is 0.0504 e. The molecule has 0 saturated carbocycles. The van der Waals surface area contributed by atoms with Gasteiger partial charge >= 0.3 is 0 Å². The number of nitrogens with zero attached hydrogens (tertiary/aromatic N) is 1. The molecule has 1 heterocycles. The van der Waals surface area contributed by atoms with E-state index in [9.17, 15) is 0 Å². The summed E-state index contributed by atoms with van der Waals surface area (Å²) in [5.41, 5.74) is 9.10. The molecular formula is C15H13ClN2. The molecule has 0 aliphatic carbocycles. The minimum Gasteiger partial charge on any atom is -0.398 e. The van der Waals surface area contributed by atoms with Crippen LogP contribution in [-0.2, 0) is 6.54 Å². The van der Waals surface area contributed by atoms with Crippen molar-refractivity contribution in [3.63, 3.8) is 0 Å². The first-order chi connectivity index (χ1) is 8.74. The Morgan fingerprint density at radius 2 is 1.89 bits per heavy atom. The van der Waals surface area contributed by atoms with Gasteiger partial charge in [0.2, 0.25) is 0 Å². The van der Waals surface area contributed by atoms with Crippen LogP contribution in [0, 0.1) is 0 Å². The van der Waals surface area contributed by atoms with Crippen LogP contribution in [-0.4, -0.2) is 4.57 Å². The van der Waals surface area contributed by atoms with Gasteiger partial charge in [-0.05, 0) is 35.9 Å². The molecule has 0 bridgehead atoms. The molecule has 0 atom stereocenters. The van der Waals surface area contributed by atoms with E-state index < -0.39 is 0 Å². The second kappa shape index (κ2) is 4.39. The number of nitrogen functional groups attached to an aromatic ring is 1. The van der Waals surface area contributed by atoms with E-state index in [-0.39, 0.29) is 0 Å². The fourth-order valence-electron chi connectivity index (χ4n) is 2.22. The van der Waals surface area contributed by atoms with Gasteiger partial charge in [0.15, 0.2) is 0 Å². The summed E-state index contributed by atoms with van der Waals surface area (Å²) < 4.78 is 2.18. The number of benzene rings is 2. The summed E-state index contributed by atoms with van der Waals surface area (Å²) in [7, 11) is 0. The van der Waals surface area contributed by atoms with Crippen molar-refractivity contribution in [1.29, 1.82) is 0 Å². The molecule has 0 radical (unpaired) electrons. The highest BCUT2D eigenvalue weighted by molar-refractivity contribution is 6.30. The molecule has 90 valence electrons. The molecule has 0 aliphatic rings. The predicted molar refractivity (Wildman–Crippen MR) is 76.9 cm³/mol. The minimum absolute atomic E-state index is 0.767. The molecule has 0 saturated heterocycles. The van der Waals surface area contributed by atoms with E-state index in [1.54, 1.807) is 0 Å². The Hall–Kier alpha value is -1.93. The van der Waals surface area contributed by atoms with Gasteiger partial charge < -0.3 is 10.3 Å². The van der Waals surface area contributed by atoms with Gasteiger partial charge in [0.05, 0.1) is 5.52 Å². The lowest BCUT2D eigenvalue weighted by atomic mass is 10.2. The Balaban J connectivity index is 2.03. The largest absolute Gasteiger partial charge is 0.398 e. The van der Waals surface area contributed by atoms with E-state index in [0.29, 0.717) is 0 Å². The lowest BCUT2D eigenvalue weighted by Crippen LogP contribution is -1.97. The van der Waals surface area contributed by atoms with Crippen LogP contribution in [0.2, 0.25) is 5.02 Å². The van der Waals surface area contributed by atoms with Gasteiger partial charge in [-0.25, -0.2) is 0 Å². The highest BCUT2D eigenvalue weighted by atomic mass is 35.5. The quantitative estimate of drug-likeness (QED) is 0.692. The Morgan fingerprint density at radius 3 is 2.72 bits per heavy atom. The number of nitrogens with two attached hydrogens (primary N) is 1. The van der Waals surface area contributed by atoms with Crippen LogP contribution >= 0.6 is 11.6 Å². The van der Waals surface area contributed by atoms with Gasteiger partial charge in [0.25, 0.3) is 0 Å². The molecule has 3 aromatic rings. The van der Waals surface area contributed by atoms with Crippen molar-refractivity contribution in [2.75, 3.05) is 5.73 Å². The summed E-state index contributed by atoms with van der Waals surface area (Å²) in [5.74, 6) is 0. The Kier molecular flexibility index (Phi) is 2.73. The number of fused-ring (bicyclic) bond motifs is 1. The van der Waals surface area contributed by atoms with E-state index in [2.05, 4.69) is 29.0 Å². The van der Waals surface area contributed by atoms with Crippen LogP contribution in [0.4, 0.5) is 5.69 Å². The number of halogens is 1. The molecule has 0 amide bonds. The molecule has 2 N–H and O–H groups in total. The second-order valence-electron chi connectivity index (χ2n) is 4.35. The third-order valence-corrected chi connectivity index (χ3v) is 3.32. The molecule has 2 nitrogen and oxygen atoms in total. The van der Waals surface area contributed by atoms with Gasteiger partial charge in [0, 0.05) is 28.8 Å². The Labute approximate surface area is 111 Å². The van der Waals surface area contributed by atoms with Crippen LogP contribution in [0.1, 0.15) is 5.56 Å². The minimum atomic E-state index is 0.767. The SMILES string of the molecule is Nc1cccc2c1ccn2Cc1cccc(Cl)c1. The van der Waals surface area contributed by atoms with Crippen LogP contribution in [0.25, 0.3) is 10.9 Å². The van der Waals surface area contributed by atoms with Crippen molar-refractivity contribution < 1.29 is 0 Å². The highest BCUT2D eigenvalue weighted by Gasteiger charge is 2.04. The van der Waals surface area contributed by atoms with E-state index in [0.717, 1.165) is 28.2 Å². The van der Waals surface area contributed by atoms with Crippen molar-refractivity contribution in [3.05, 3.63) is 65.3 Å². The zero-order valence-corrected chi connectivity index (χ0v) is 10.6. The summed E-state index contributed by atoms with van der Waals surface area (Å²) in [4.78, 5) is 0. The normalized spacial score (nSPS) is 10.9. The topological polar surface area (TPSA) is 30.9 Å². The first-order valence-electron chi connectivity index (χ1n) is 5.82. The molecule has 1 aromatic heterocycles. The number of hydrogen-bond acceptors (Lipinski definition) is 1. The van der Waals surface area contributed by atoms with E-state index in [1.807, 2.05) is 30.3 Å². The Bertz CT molecular complexity index is 701. The smallest absolute Gasteiger partial charge is 0.0504 e. The van der Waals surface area contributed by atoms with Gasteiger partial charge in [-0.3, -0.25) is 0 Å². The second-order valence-corrected chi connectivity index (χ2v) is 4.79. The maximum atomic E-state index is 6.00. The molecule has 0 unspecified atom stereocenters. The lowest BCUT2D eigenvalue weighted by molar-refractivity contribution is 0.837. The summed E-state index contributed by atoms with van der Waals surface area (Å²) >= 11 is 6.00. The third kappa shape index (κ3) is 1.95. The number of aromatic nitrogens is 1. The van der Waals surface area contributed by atoms with Gasteiger partial charge in [-0.15, -0.1) is 0 Å². The Morgan fingerprint density at radius 1 is 1.06 bits per heavy atom. The summed E-state index contributed by atoms with van der Waals surface area (Å²) in [6.45, 7) is 0.799. The van der Waals surface area contributed by atoms with E-state index in [4.69, 9.17) is 17.3 Å². The zero-order valence-electron chi connectivity index (χ0n) is 9.81. The van der Waals surface area contributed by atoms with Gasteiger partial charge in [0.1, 0.15) is 0 Å². The first-order valence-corrected chi connectivity index (χ1v) is 6.19. The summed E-state index contributed by atoms with van der Waals surface area (Å²) in [6, 6.07) is 15.9. The fraction of sp³-hybridized carbons (Fsp3) is 0.0667. The monoisotopic (exact) mass is 256 g/mol. The number of anilines is 1. The summed E-state index contributed by atoms with van der Waals surface area (Å²) in [6.07, 6.45) is 2.06. The van der Waals surface area contributed by atoms with Gasteiger partial charge in [-0.1, -0.05) is 29.8 Å². The van der Waals surface area contributed by atoms with Crippen molar-refractivity contribution in [2.45, 2.75) is 6.54 Å². The van der Waals surface area contributed by atoms with Crippen molar-refractivity contribution in [1.82, 2.24) is 4.57 Å². The standard InChI is InChI=1S/C15H13ClN2/c16-12-4-1-3-11(9-12)10-18-8-7-13-14(17)5-2-6-15(13)18/h1-9H,10,17H2. The number of rotatable bonds is 2. The van der Waals surface area contributed by atoms with Crippen molar-refractivity contribution in [2.24, 2.45) is 0 Å². The highest BCUT2D eigenvalue weighted by Crippen LogP contribution is 2.23. The summed E-state index contributed by atoms with van der Waals surface area (Å²) in [5, 5.41) is 1.86. The first kappa shape index (κ1) is 11.2. The van der Waals surface area contributed by atoms with Crippen LogP contribution in [0.5, 0.6) is 0 Å². The third-order valence-electron chi connectivity index (χ3n) is 3.09. The molecule has 3 heteroatoms. The molecular weight excluding hydrogens is 244 g/mol. The van der Waals surface area contributed by atoms with E-state index >= 15 is 0 Å². The number of hydrogen-bond donors (Lipinski definition) is 1. The van der Waals surface area contributed by atoms with Crippen LogP contribution < -0.4 is 5.73 Å². The van der Waals surface area contributed by atoms with Crippen LogP contribution in [0.3, 0.4) is 0 Å². The van der Waals surface area contributed by atoms with Crippen molar-refractivity contribution in [3.8, 4) is 0 Å².